The van der Waals surface area contributed by atoms with Crippen molar-refractivity contribution in [2.24, 2.45) is 11.5 Å². The van der Waals surface area contributed by atoms with Crippen molar-refractivity contribution in [3.8, 4) is 0 Å². The zero-order chi connectivity index (χ0) is 48.5. The first-order valence-corrected chi connectivity index (χ1v) is 27.4. The first-order valence-electron chi connectivity index (χ1n) is 19.7. The summed E-state index contributed by atoms with van der Waals surface area (Å²) < 4.78 is 79.8. The van der Waals surface area contributed by atoms with Crippen LogP contribution in [0.1, 0.15) is 31.7 Å². The van der Waals surface area contributed by atoms with Crippen LogP contribution in [-0.2, 0) is 46.6 Å². The molecule has 0 amide bonds. The molecule has 0 bridgehead atoms. The van der Waals surface area contributed by atoms with Gasteiger partial charge in [-0.2, -0.15) is 16.8 Å². The van der Waals surface area contributed by atoms with Crippen LogP contribution >= 0.6 is 20.6 Å². The van der Waals surface area contributed by atoms with Crippen molar-refractivity contribution in [2.75, 3.05) is 52.7 Å². The molecule has 6 heterocycles. The van der Waals surface area contributed by atoms with Gasteiger partial charge in [0.1, 0.15) is 60.2 Å². The van der Waals surface area contributed by atoms with E-state index in [4.69, 9.17) is 39.7 Å². The molecule has 2 unspecified atom stereocenters. The van der Waals surface area contributed by atoms with Crippen LogP contribution in [0, 0.1) is 0 Å². The average Bonchev–Trinajstić information content (AvgIpc) is 4.00. The molecule has 32 heteroatoms. The molecule has 14 N–H and O–H groups in total. The van der Waals surface area contributed by atoms with Gasteiger partial charge < -0.3 is 63.0 Å². The maximum Gasteiger partial charge on any atom is 0.320 e. The van der Waals surface area contributed by atoms with Gasteiger partial charge in [-0.3, -0.25) is 18.7 Å². The van der Waals surface area contributed by atoms with E-state index in [0.29, 0.717) is 5.41 Å². The van der Waals surface area contributed by atoms with Gasteiger partial charge in [-0.15, -0.1) is 20.6 Å². The number of nitrogen functional groups attached to an aromatic ring is 2. The molecule has 28 nitrogen and oxygen atoms in total. The van der Waals surface area contributed by atoms with Gasteiger partial charge >= 0.3 is 11.9 Å². The molecule has 0 radical (unpaired) electrons. The number of nitrogens with two attached hydrogens (primary N) is 4. The van der Waals surface area contributed by atoms with E-state index in [2.05, 4.69) is 29.9 Å². The topological polar surface area (TPSA) is 452 Å². The summed E-state index contributed by atoms with van der Waals surface area (Å²) in [5.74, 6) is -4.57. The highest BCUT2D eigenvalue weighted by molar-refractivity contribution is 8.33. The summed E-state index contributed by atoms with van der Waals surface area (Å²) in [6.45, 7) is 0. The zero-order valence-corrected chi connectivity index (χ0v) is 38.4. The maximum absolute atomic E-state index is 13.5. The monoisotopic (exact) mass is 1010 g/mol. The third kappa shape index (κ3) is 11.6. The van der Waals surface area contributed by atoms with E-state index < -0.39 is 126 Å². The van der Waals surface area contributed by atoms with Crippen molar-refractivity contribution in [3.05, 3.63) is 36.8 Å². The summed E-state index contributed by atoms with van der Waals surface area (Å²) in [7, 11) is -15.2. The SMILES string of the molecule is CS(CC[C@H](N)C(=O)O)(C[C@H]1O[C@@H](n2cnc3c(N)ncnc32)[C@H](O)[C@@H]1O)OS(=O)(=O)C=CCCS(=O)(=O)OS(C)(CC[C@H](N)C(=O)O)C[C@H]1O[C@@H](n2cnc3c(N)ncnc32)[C@H](O)[C@@H]1O. The fraction of sp³-hybridized carbons (Fsp3) is 0.588. The number of hydrogen-bond acceptors (Lipinski definition) is 24. The van der Waals surface area contributed by atoms with Crippen molar-refractivity contribution < 1.29 is 73.8 Å². The lowest BCUT2D eigenvalue weighted by molar-refractivity contribution is -0.139. The highest BCUT2D eigenvalue weighted by atomic mass is 32.3. The first kappa shape index (κ1) is 51.0. The van der Waals surface area contributed by atoms with Crippen LogP contribution in [0.25, 0.3) is 22.3 Å². The number of carbonyl (C=O) groups is 2. The number of imidazole rings is 2. The Morgan fingerprint density at radius 3 is 1.55 bits per heavy atom. The van der Waals surface area contributed by atoms with Crippen molar-refractivity contribution in [1.82, 2.24) is 39.0 Å². The zero-order valence-electron chi connectivity index (χ0n) is 35.2. The Balaban J connectivity index is 1.13. The van der Waals surface area contributed by atoms with Gasteiger partial charge in [0.15, 0.2) is 35.4 Å². The van der Waals surface area contributed by atoms with Gasteiger partial charge in [0.2, 0.25) is 0 Å². The van der Waals surface area contributed by atoms with Gasteiger partial charge in [-0.25, -0.2) is 37.2 Å². The number of aromatic nitrogens is 8. The Labute approximate surface area is 379 Å². The Bertz CT molecular complexity index is 2660. The molecule has 0 aliphatic carbocycles. The first-order chi connectivity index (χ1) is 30.8. The van der Waals surface area contributed by atoms with E-state index in [1.165, 1.54) is 34.3 Å². The van der Waals surface area contributed by atoms with E-state index in [1.807, 2.05) is 0 Å². The fourth-order valence-electron chi connectivity index (χ4n) is 7.22. The summed E-state index contributed by atoms with van der Waals surface area (Å²) in [5.41, 5.74) is 24.0. The van der Waals surface area contributed by atoms with E-state index >= 15 is 0 Å². The number of allylic oxidation sites excluding steroid dienone is 1. The predicted molar refractivity (Wildman–Crippen MR) is 237 cm³/mol. The Morgan fingerprint density at radius 1 is 0.697 bits per heavy atom. The number of aliphatic carboxylic acids is 2. The molecule has 2 fully saturated rings. The lowest BCUT2D eigenvalue weighted by atomic mass is 10.1. The Hall–Kier alpha value is -4.42. The van der Waals surface area contributed by atoms with Crippen molar-refractivity contribution in [3.63, 3.8) is 0 Å². The lowest BCUT2D eigenvalue weighted by Crippen LogP contribution is -2.37. The molecule has 2 aliphatic rings. The molecule has 0 spiro atoms. The van der Waals surface area contributed by atoms with Crippen LogP contribution in [0.4, 0.5) is 11.6 Å². The van der Waals surface area contributed by atoms with Crippen molar-refractivity contribution in [1.29, 1.82) is 0 Å². The second kappa shape index (κ2) is 20.0. The summed E-state index contributed by atoms with van der Waals surface area (Å²) in [4.78, 5) is 47.4. The van der Waals surface area contributed by atoms with Crippen LogP contribution in [0.5, 0.6) is 0 Å². The van der Waals surface area contributed by atoms with Crippen LogP contribution in [0.3, 0.4) is 0 Å². The Kier molecular flexibility index (Phi) is 15.5. The minimum Gasteiger partial charge on any atom is -0.480 e. The molecule has 0 saturated carbocycles. The van der Waals surface area contributed by atoms with Crippen LogP contribution < -0.4 is 22.9 Å². The third-order valence-corrected chi connectivity index (χ3v) is 20.5. The van der Waals surface area contributed by atoms with Crippen LogP contribution in [-0.4, -0.2) is 188 Å². The van der Waals surface area contributed by atoms with E-state index in [0.717, 1.165) is 18.7 Å². The predicted octanol–water partition coefficient (Wildman–Crippen LogP) is -3.03. The molecule has 66 heavy (non-hydrogen) atoms. The normalized spacial score (nSPS) is 27.7. The van der Waals surface area contributed by atoms with Gasteiger partial charge in [-0.1, -0.05) is 6.08 Å². The summed E-state index contributed by atoms with van der Waals surface area (Å²) >= 11 is 0. The number of nitrogens with zero attached hydrogens (tertiary/aromatic N) is 8. The molecule has 6 rings (SSSR count). The number of carboxylic acids is 2. The highest BCUT2D eigenvalue weighted by Gasteiger charge is 2.48. The number of hydrogen-bond donors (Lipinski definition) is 10. The summed E-state index contributed by atoms with van der Waals surface area (Å²) in [6, 6.07) is -2.84. The van der Waals surface area contributed by atoms with E-state index in [-0.39, 0.29) is 69.8 Å². The van der Waals surface area contributed by atoms with Crippen molar-refractivity contribution in [2.45, 2.75) is 80.4 Å². The van der Waals surface area contributed by atoms with Gasteiger partial charge in [0, 0.05) is 23.0 Å². The molecule has 12 atom stereocenters. The number of carboxylic acid groups (broad SMARTS) is 2. The van der Waals surface area contributed by atoms with E-state index in [1.54, 1.807) is 0 Å². The van der Waals surface area contributed by atoms with Gasteiger partial charge in [0.25, 0.3) is 20.2 Å². The molecule has 0 aromatic carbocycles. The quantitative estimate of drug-likeness (QED) is 0.0374. The standard InChI is InChI=1S/C34H52N12O16S4/c1-63(9-5-17(35)33(51)52,11-19-23(47)25(49)31(59-19)45-15-43-21-27(37)39-13-41-29(21)45)61-65(55,56)7-3-4-8-66(57,58)62-64(2,10-6-18(36)34(53)54)12-20-24(48)26(50)32(60-20)46-16-44-22-28(38)40-14-42-30(22)46/h3,7,13-20,23-26,31-32,47-50H,4-6,8-12,35-36H2,1-2H3,(H,51,52)(H,53,54)(H2,37,39,41)(H2,38,40,42)/t17-,18-,19+,20+,23+,24+,25+,26+,31+,32+/m0/s1. The fourth-order valence-corrected chi connectivity index (χ4v) is 17.1. The highest BCUT2D eigenvalue weighted by Crippen LogP contribution is 2.52. The largest absolute Gasteiger partial charge is 0.480 e. The number of ether oxygens (including phenoxy) is 2. The van der Waals surface area contributed by atoms with Crippen LogP contribution in [0.15, 0.2) is 36.8 Å². The Morgan fingerprint density at radius 2 is 1.12 bits per heavy atom. The third-order valence-electron chi connectivity index (χ3n) is 10.7. The summed E-state index contributed by atoms with van der Waals surface area (Å²) in [6.07, 6.45) is -3.80. The molecule has 2 aliphatic heterocycles. The molecule has 4 aromatic rings. The molecule has 368 valence electrons. The molecule has 4 aromatic heterocycles. The lowest BCUT2D eigenvalue weighted by Gasteiger charge is -2.37. The minimum atomic E-state index is -4.68. The number of fused-ring (bicyclic) bond motifs is 2. The molecular formula is C34H52N12O16S4. The molecule has 2 saturated heterocycles. The van der Waals surface area contributed by atoms with E-state index in [9.17, 15) is 57.1 Å². The van der Waals surface area contributed by atoms with Gasteiger partial charge in [0.05, 0.1) is 36.0 Å². The average molecular weight is 1010 g/mol. The molecular weight excluding hydrogens is 961 g/mol. The smallest absolute Gasteiger partial charge is 0.320 e. The minimum absolute atomic E-state index is 0.0415. The second-order valence-corrected chi connectivity index (χ2v) is 26.0. The van der Waals surface area contributed by atoms with Crippen molar-refractivity contribution >= 4 is 86.8 Å². The maximum atomic E-state index is 13.5. The van der Waals surface area contributed by atoms with Crippen LogP contribution in [0.2, 0.25) is 0 Å². The number of aliphatic hydroxyl groups is 4. The summed E-state index contributed by atoms with van der Waals surface area (Å²) in [5, 5.41) is 63.6. The number of aliphatic hydroxyl groups excluding tert-OH is 4. The number of anilines is 2. The van der Waals surface area contributed by atoms with Gasteiger partial charge in [-0.05, 0) is 31.8 Å². The second-order valence-electron chi connectivity index (χ2n) is 15.9. The number of rotatable bonds is 22.